The van der Waals surface area contributed by atoms with Crippen molar-refractivity contribution >= 4 is 28.9 Å². The lowest BCUT2D eigenvalue weighted by atomic mass is 10.2. The van der Waals surface area contributed by atoms with Crippen LogP contribution in [0.4, 0.5) is 29.5 Å². The van der Waals surface area contributed by atoms with Crippen LogP contribution in [0.15, 0.2) is 58.5 Å². The smallest absolute Gasteiger partial charge is 0.416 e. The predicted molar refractivity (Wildman–Crippen MR) is 106 cm³/mol. The highest BCUT2D eigenvalue weighted by atomic mass is 32.1. The fourth-order valence-corrected chi connectivity index (χ4v) is 3.43. The molecule has 0 radical (unpaired) electrons. The fraction of sp³-hybridized carbons (Fsp3) is 0.105. The van der Waals surface area contributed by atoms with Crippen LogP contribution in [0, 0.1) is 6.92 Å². The molecule has 0 aliphatic heterocycles. The first kappa shape index (κ1) is 19.7. The van der Waals surface area contributed by atoms with E-state index in [1.54, 1.807) is 36.8 Å². The van der Waals surface area contributed by atoms with Crippen LogP contribution >= 0.6 is 11.3 Å². The Morgan fingerprint density at radius 1 is 1.17 bits per heavy atom. The molecular formula is C19H14F3N5O2S. The van der Waals surface area contributed by atoms with E-state index < -0.39 is 17.8 Å². The number of hydrogen-bond donors (Lipinski definition) is 2. The second-order valence-electron chi connectivity index (χ2n) is 6.23. The summed E-state index contributed by atoms with van der Waals surface area (Å²) in [4.78, 5) is 16.8. The Hall–Kier alpha value is -3.60. The molecule has 0 atom stereocenters. The summed E-state index contributed by atoms with van der Waals surface area (Å²) in [6.45, 7) is 1.76. The van der Waals surface area contributed by atoms with Crippen molar-refractivity contribution in [2.45, 2.75) is 13.1 Å². The predicted octanol–water partition coefficient (Wildman–Crippen LogP) is 5.56. The minimum Gasteiger partial charge on any atom is -0.463 e. The van der Waals surface area contributed by atoms with Crippen LogP contribution in [0.2, 0.25) is 0 Å². The molecule has 0 spiro atoms. The van der Waals surface area contributed by atoms with Crippen LogP contribution in [-0.2, 0) is 6.18 Å². The summed E-state index contributed by atoms with van der Waals surface area (Å²) in [5, 5.41) is 11.8. The molecule has 3 aromatic heterocycles. The molecule has 4 rings (SSSR count). The maximum atomic E-state index is 12.6. The molecule has 0 unspecified atom stereocenters. The minimum atomic E-state index is -4.44. The van der Waals surface area contributed by atoms with Gasteiger partial charge < -0.3 is 9.73 Å². The zero-order valence-electron chi connectivity index (χ0n) is 15.4. The number of benzene rings is 1. The molecule has 0 fully saturated rings. The van der Waals surface area contributed by atoms with Gasteiger partial charge in [0.25, 0.3) is 0 Å². The maximum absolute atomic E-state index is 12.6. The Labute approximate surface area is 172 Å². The van der Waals surface area contributed by atoms with Crippen molar-refractivity contribution < 1.29 is 22.4 Å². The third kappa shape index (κ3) is 4.20. The lowest BCUT2D eigenvalue weighted by molar-refractivity contribution is -0.137. The van der Waals surface area contributed by atoms with Crippen molar-refractivity contribution in [2.24, 2.45) is 0 Å². The number of urea groups is 1. The number of halogens is 3. The van der Waals surface area contributed by atoms with Crippen LogP contribution in [0.3, 0.4) is 0 Å². The normalized spacial score (nSPS) is 11.5. The van der Waals surface area contributed by atoms with Crippen molar-refractivity contribution in [1.29, 1.82) is 0 Å². The molecule has 0 aliphatic carbocycles. The molecule has 7 nitrogen and oxygen atoms in total. The highest BCUT2D eigenvalue weighted by molar-refractivity contribution is 7.12. The Morgan fingerprint density at radius 3 is 2.60 bits per heavy atom. The zero-order chi connectivity index (χ0) is 21.3. The van der Waals surface area contributed by atoms with Crippen LogP contribution in [0.1, 0.15) is 11.3 Å². The summed E-state index contributed by atoms with van der Waals surface area (Å²) in [6.07, 6.45) is -2.89. The quantitative estimate of drug-likeness (QED) is 0.441. The van der Waals surface area contributed by atoms with Crippen molar-refractivity contribution in [3.05, 3.63) is 65.4 Å². The number of amides is 2. The van der Waals surface area contributed by atoms with Gasteiger partial charge in [-0.1, -0.05) is 0 Å². The summed E-state index contributed by atoms with van der Waals surface area (Å²) in [5.41, 5.74) is 0.707. The van der Waals surface area contributed by atoms with E-state index in [4.69, 9.17) is 4.42 Å². The van der Waals surface area contributed by atoms with Gasteiger partial charge in [-0.05, 0) is 43.3 Å². The van der Waals surface area contributed by atoms with E-state index in [9.17, 15) is 18.0 Å². The Balaban J connectivity index is 1.50. The Morgan fingerprint density at radius 2 is 1.93 bits per heavy atom. The molecule has 0 saturated heterocycles. The summed E-state index contributed by atoms with van der Waals surface area (Å²) in [6, 6.07) is 8.72. The van der Waals surface area contributed by atoms with E-state index in [0.717, 1.165) is 12.1 Å². The average Bonchev–Trinajstić information content (AvgIpc) is 3.41. The molecule has 1 aromatic carbocycles. The highest BCUT2D eigenvalue weighted by Crippen LogP contribution is 2.30. The Bertz CT molecular complexity index is 1160. The number of hydrogen-bond acceptors (Lipinski definition) is 5. The lowest BCUT2D eigenvalue weighted by Crippen LogP contribution is -2.21. The number of aromatic nitrogens is 3. The van der Waals surface area contributed by atoms with Crippen molar-refractivity contribution in [3.8, 4) is 16.6 Å². The Kier molecular flexibility index (Phi) is 5.04. The van der Waals surface area contributed by atoms with Crippen LogP contribution in [-0.4, -0.2) is 20.8 Å². The molecule has 30 heavy (non-hydrogen) atoms. The molecule has 154 valence electrons. The lowest BCUT2D eigenvalue weighted by Gasteiger charge is -2.10. The molecule has 11 heteroatoms. The van der Waals surface area contributed by atoms with E-state index in [2.05, 4.69) is 20.7 Å². The average molecular weight is 433 g/mol. The van der Waals surface area contributed by atoms with Crippen LogP contribution in [0.5, 0.6) is 0 Å². The number of anilines is 2. The standard InChI is InChI=1S/C19H14F3N5O2S/c1-11-9-16(25-17(28)23-13-6-4-12(5-7-13)19(20,21)22)27(26-11)18-24-14(10-30-18)15-3-2-8-29-15/h2-10H,1H3,(H2,23,25,28). The number of rotatable bonds is 4. The first-order valence-corrected chi connectivity index (χ1v) is 9.49. The summed E-state index contributed by atoms with van der Waals surface area (Å²) in [7, 11) is 0. The SMILES string of the molecule is Cc1cc(NC(=O)Nc2ccc(C(F)(F)F)cc2)n(-c2nc(-c3ccco3)cs2)n1. The van der Waals surface area contributed by atoms with Crippen molar-refractivity contribution in [1.82, 2.24) is 14.8 Å². The number of carbonyl (C=O) groups is 1. The van der Waals surface area contributed by atoms with Gasteiger partial charge in [0.15, 0.2) is 5.76 Å². The van der Waals surface area contributed by atoms with Gasteiger partial charge in [-0.2, -0.15) is 23.0 Å². The minimum absolute atomic E-state index is 0.220. The number of nitrogens with one attached hydrogen (secondary N) is 2. The monoisotopic (exact) mass is 433 g/mol. The highest BCUT2D eigenvalue weighted by Gasteiger charge is 2.30. The first-order valence-electron chi connectivity index (χ1n) is 8.61. The first-order chi connectivity index (χ1) is 14.3. The molecule has 0 saturated carbocycles. The van der Waals surface area contributed by atoms with Gasteiger partial charge in [0.05, 0.1) is 17.5 Å². The van der Waals surface area contributed by atoms with E-state index in [1.807, 2.05) is 0 Å². The number of nitrogens with zero attached hydrogens (tertiary/aromatic N) is 3. The van der Waals surface area contributed by atoms with Gasteiger partial charge in [0.1, 0.15) is 11.5 Å². The third-order valence-corrected chi connectivity index (χ3v) is 4.81. The molecule has 3 heterocycles. The zero-order valence-corrected chi connectivity index (χ0v) is 16.2. The number of carbonyl (C=O) groups excluding carboxylic acids is 1. The summed E-state index contributed by atoms with van der Waals surface area (Å²) in [5.74, 6) is 0.966. The van der Waals surface area contributed by atoms with E-state index >= 15 is 0 Å². The molecule has 2 amide bonds. The van der Waals surface area contributed by atoms with Crippen molar-refractivity contribution in [2.75, 3.05) is 10.6 Å². The molecule has 0 aliphatic rings. The van der Waals surface area contributed by atoms with Gasteiger partial charge in [-0.3, -0.25) is 5.32 Å². The summed E-state index contributed by atoms with van der Waals surface area (Å²) >= 11 is 1.31. The second kappa shape index (κ2) is 7.67. The van der Waals surface area contributed by atoms with Crippen LogP contribution in [0.25, 0.3) is 16.6 Å². The molecule has 2 N–H and O–H groups in total. The van der Waals surface area contributed by atoms with Gasteiger partial charge >= 0.3 is 12.2 Å². The van der Waals surface area contributed by atoms with Gasteiger partial charge in [0, 0.05) is 17.1 Å². The summed E-state index contributed by atoms with van der Waals surface area (Å²) < 4.78 is 44.7. The van der Waals surface area contributed by atoms with Gasteiger partial charge in [-0.25, -0.2) is 9.78 Å². The fourth-order valence-electron chi connectivity index (χ4n) is 2.65. The van der Waals surface area contributed by atoms with Gasteiger partial charge in [-0.15, -0.1) is 11.3 Å². The maximum Gasteiger partial charge on any atom is 0.416 e. The number of furan rings is 1. The van der Waals surface area contributed by atoms with Gasteiger partial charge in [0.2, 0.25) is 5.13 Å². The van der Waals surface area contributed by atoms with Crippen molar-refractivity contribution in [3.63, 3.8) is 0 Å². The molecule has 4 aromatic rings. The number of alkyl halides is 3. The topological polar surface area (TPSA) is 85.0 Å². The second-order valence-corrected chi connectivity index (χ2v) is 7.07. The van der Waals surface area contributed by atoms with Crippen LogP contribution < -0.4 is 10.6 Å². The number of thiazole rings is 1. The molecular weight excluding hydrogens is 419 g/mol. The molecule has 0 bridgehead atoms. The van der Waals surface area contributed by atoms with E-state index in [0.29, 0.717) is 28.1 Å². The largest absolute Gasteiger partial charge is 0.463 e. The third-order valence-electron chi connectivity index (χ3n) is 3.99. The number of aryl methyl sites for hydroxylation is 1. The van der Waals surface area contributed by atoms with E-state index in [1.165, 1.54) is 28.2 Å². The van der Waals surface area contributed by atoms with E-state index in [-0.39, 0.29) is 5.69 Å².